The van der Waals surface area contributed by atoms with Gasteiger partial charge in [0.1, 0.15) is 11.5 Å². The Morgan fingerprint density at radius 3 is 2.94 bits per heavy atom. The molecule has 0 saturated carbocycles. The quantitative estimate of drug-likeness (QED) is 0.929. The number of methoxy groups -OCH3 is 1. The van der Waals surface area contributed by atoms with Crippen LogP contribution in [0.15, 0.2) is 45.5 Å². The van der Waals surface area contributed by atoms with Gasteiger partial charge in [0.05, 0.1) is 25.6 Å². The number of benzene rings is 1. The molecule has 1 heterocycles. The molecule has 0 aliphatic heterocycles. The fraction of sp³-hybridized carbons (Fsp3) is 0.167. The molecule has 2 aromatic rings. The Labute approximate surface area is 103 Å². The van der Waals surface area contributed by atoms with Crippen molar-refractivity contribution in [1.82, 2.24) is 0 Å². The van der Waals surface area contributed by atoms with Crippen LogP contribution in [0, 0.1) is 0 Å². The molecule has 16 heavy (non-hydrogen) atoms. The van der Waals surface area contributed by atoms with Gasteiger partial charge in [0.2, 0.25) is 0 Å². The molecule has 0 radical (unpaired) electrons. The normalized spacial score (nSPS) is 10.1. The topological polar surface area (TPSA) is 34.4 Å². The number of nitrogens with one attached hydrogen (secondary N) is 1. The van der Waals surface area contributed by atoms with Gasteiger partial charge >= 0.3 is 0 Å². The lowest BCUT2D eigenvalue weighted by Crippen LogP contribution is -2.00. The van der Waals surface area contributed by atoms with E-state index < -0.39 is 0 Å². The van der Waals surface area contributed by atoms with E-state index in [1.165, 1.54) is 0 Å². The summed E-state index contributed by atoms with van der Waals surface area (Å²) in [6, 6.07) is 9.62. The van der Waals surface area contributed by atoms with E-state index >= 15 is 0 Å². The second-order valence-corrected chi connectivity index (χ2v) is 4.19. The third-order valence-corrected chi connectivity index (χ3v) is 2.69. The van der Waals surface area contributed by atoms with Gasteiger partial charge in [-0.1, -0.05) is 15.9 Å². The van der Waals surface area contributed by atoms with Crippen LogP contribution in [0.4, 0.5) is 5.69 Å². The Morgan fingerprint density at radius 1 is 1.38 bits per heavy atom. The molecule has 4 heteroatoms. The monoisotopic (exact) mass is 281 g/mol. The van der Waals surface area contributed by atoms with E-state index in [1.54, 1.807) is 13.4 Å². The summed E-state index contributed by atoms with van der Waals surface area (Å²) >= 11 is 3.43. The summed E-state index contributed by atoms with van der Waals surface area (Å²) in [6.45, 7) is 0.639. The van der Waals surface area contributed by atoms with Crippen LogP contribution in [-0.4, -0.2) is 7.11 Å². The van der Waals surface area contributed by atoms with E-state index in [1.807, 2.05) is 30.3 Å². The predicted molar refractivity (Wildman–Crippen MR) is 66.7 cm³/mol. The van der Waals surface area contributed by atoms with Crippen molar-refractivity contribution in [1.29, 1.82) is 0 Å². The number of hydrogen-bond donors (Lipinski definition) is 1. The summed E-state index contributed by atoms with van der Waals surface area (Å²) in [4.78, 5) is 0. The zero-order valence-electron chi connectivity index (χ0n) is 8.87. The fourth-order valence-corrected chi connectivity index (χ4v) is 1.77. The van der Waals surface area contributed by atoms with E-state index in [-0.39, 0.29) is 0 Å². The van der Waals surface area contributed by atoms with Crippen molar-refractivity contribution in [3.8, 4) is 5.75 Å². The van der Waals surface area contributed by atoms with Crippen LogP contribution in [0.3, 0.4) is 0 Å². The first-order valence-corrected chi connectivity index (χ1v) is 5.68. The highest BCUT2D eigenvalue weighted by Gasteiger charge is 2.03. The Morgan fingerprint density at radius 2 is 2.25 bits per heavy atom. The molecule has 3 nitrogen and oxygen atoms in total. The van der Waals surface area contributed by atoms with Gasteiger partial charge in [-0.05, 0) is 30.3 Å². The number of halogens is 1. The summed E-state index contributed by atoms with van der Waals surface area (Å²) in [5, 5.41) is 3.26. The van der Waals surface area contributed by atoms with Crippen LogP contribution < -0.4 is 10.1 Å². The van der Waals surface area contributed by atoms with Crippen LogP contribution in [0.1, 0.15) is 5.76 Å². The lowest BCUT2D eigenvalue weighted by atomic mass is 10.3. The number of furan rings is 1. The molecule has 2 rings (SSSR count). The highest BCUT2D eigenvalue weighted by molar-refractivity contribution is 9.10. The largest absolute Gasteiger partial charge is 0.495 e. The van der Waals surface area contributed by atoms with Crippen molar-refractivity contribution < 1.29 is 9.15 Å². The van der Waals surface area contributed by atoms with Gasteiger partial charge in [0.25, 0.3) is 0 Å². The number of ether oxygens (including phenoxy) is 1. The van der Waals surface area contributed by atoms with E-state index in [0.29, 0.717) is 6.54 Å². The number of rotatable bonds is 4. The predicted octanol–water partition coefficient (Wildman–Crippen LogP) is 3.66. The molecular formula is C12H12BrNO2. The molecule has 1 aromatic carbocycles. The minimum absolute atomic E-state index is 0.639. The lowest BCUT2D eigenvalue weighted by Gasteiger charge is -2.10. The first-order valence-electron chi connectivity index (χ1n) is 4.89. The van der Waals surface area contributed by atoms with Gasteiger partial charge in [-0.2, -0.15) is 0 Å². The van der Waals surface area contributed by atoms with Gasteiger partial charge in [-0.15, -0.1) is 0 Å². The van der Waals surface area contributed by atoms with Crippen molar-refractivity contribution in [3.05, 3.63) is 46.8 Å². The van der Waals surface area contributed by atoms with Gasteiger partial charge in [-0.25, -0.2) is 0 Å². The first kappa shape index (κ1) is 11.1. The average molecular weight is 282 g/mol. The molecule has 1 aromatic heterocycles. The summed E-state index contributed by atoms with van der Waals surface area (Å²) in [7, 11) is 1.65. The molecule has 0 atom stereocenters. The first-order chi connectivity index (χ1) is 7.79. The molecule has 0 saturated heterocycles. The van der Waals surface area contributed by atoms with Crippen LogP contribution >= 0.6 is 15.9 Å². The number of anilines is 1. The second kappa shape index (κ2) is 5.07. The van der Waals surface area contributed by atoms with Gasteiger partial charge in [-0.3, -0.25) is 0 Å². The van der Waals surface area contributed by atoms with Crippen molar-refractivity contribution in [2.45, 2.75) is 6.54 Å². The van der Waals surface area contributed by atoms with Crippen LogP contribution in [0.2, 0.25) is 0 Å². The highest BCUT2D eigenvalue weighted by Crippen LogP contribution is 2.28. The summed E-state index contributed by atoms with van der Waals surface area (Å²) in [5.74, 6) is 1.71. The van der Waals surface area contributed by atoms with Crippen molar-refractivity contribution >= 4 is 21.6 Å². The van der Waals surface area contributed by atoms with Crippen LogP contribution in [-0.2, 0) is 6.54 Å². The molecule has 84 valence electrons. The Balaban J connectivity index is 2.11. The Hall–Kier alpha value is -1.42. The molecule has 0 aliphatic rings. The smallest absolute Gasteiger partial charge is 0.142 e. The van der Waals surface area contributed by atoms with Gasteiger partial charge in [0, 0.05) is 4.47 Å². The molecule has 1 N–H and O–H groups in total. The molecule has 0 fully saturated rings. The Kier molecular flexibility index (Phi) is 3.51. The van der Waals surface area contributed by atoms with Gasteiger partial charge < -0.3 is 14.5 Å². The third kappa shape index (κ3) is 2.58. The molecule has 0 amide bonds. The number of hydrogen-bond acceptors (Lipinski definition) is 3. The van der Waals surface area contributed by atoms with E-state index in [4.69, 9.17) is 9.15 Å². The van der Waals surface area contributed by atoms with Crippen LogP contribution in [0.5, 0.6) is 5.75 Å². The molecule has 0 spiro atoms. The fourth-order valence-electron chi connectivity index (χ4n) is 1.41. The summed E-state index contributed by atoms with van der Waals surface area (Å²) < 4.78 is 11.5. The maximum Gasteiger partial charge on any atom is 0.142 e. The zero-order valence-corrected chi connectivity index (χ0v) is 10.5. The van der Waals surface area contributed by atoms with E-state index in [2.05, 4.69) is 21.2 Å². The minimum atomic E-state index is 0.639. The molecule has 0 bridgehead atoms. The molecule has 0 unspecified atom stereocenters. The van der Waals surface area contributed by atoms with Crippen molar-refractivity contribution in [2.24, 2.45) is 0 Å². The minimum Gasteiger partial charge on any atom is -0.495 e. The summed E-state index contributed by atoms with van der Waals surface area (Å²) in [5.41, 5.74) is 0.938. The van der Waals surface area contributed by atoms with Crippen LogP contribution in [0.25, 0.3) is 0 Å². The van der Waals surface area contributed by atoms with Crippen molar-refractivity contribution in [2.75, 3.05) is 12.4 Å². The van der Waals surface area contributed by atoms with E-state index in [9.17, 15) is 0 Å². The zero-order chi connectivity index (χ0) is 11.4. The highest BCUT2D eigenvalue weighted by atomic mass is 79.9. The Bertz CT molecular complexity index is 454. The maximum absolute atomic E-state index is 5.26. The standard InChI is InChI=1S/C12H12BrNO2/c1-15-12-5-4-9(13)7-11(12)14-8-10-3-2-6-16-10/h2-7,14H,8H2,1H3. The summed E-state index contributed by atoms with van der Waals surface area (Å²) in [6.07, 6.45) is 1.66. The van der Waals surface area contributed by atoms with Gasteiger partial charge in [0.15, 0.2) is 0 Å². The second-order valence-electron chi connectivity index (χ2n) is 3.28. The third-order valence-electron chi connectivity index (χ3n) is 2.19. The lowest BCUT2D eigenvalue weighted by molar-refractivity contribution is 0.416. The molecule has 0 aliphatic carbocycles. The van der Waals surface area contributed by atoms with E-state index in [0.717, 1.165) is 21.7 Å². The maximum atomic E-state index is 5.26. The molecular weight excluding hydrogens is 270 g/mol. The average Bonchev–Trinajstić information content (AvgIpc) is 2.79. The SMILES string of the molecule is COc1ccc(Br)cc1NCc1ccco1. The van der Waals surface area contributed by atoms with Crippen molar-refractivity contribution in [3.63, 3.8) is 0 Å².